The van der Waals surface area contributed by atoms with Crippen LogP contribution in [0.3, 0.4) is 0 Å². The van der Waals surface area contributed by atoms with Crippen molar-refractivity contribution in [3.05, 3.63) is 11.4 Å². The lowest BCUT2D eigenvalue weighted by molar-refractivity contribution is 0.0707. The van der Waals surface area contributed by atoms with Crippen molar-refractivity contribution in [2.24, 2.45) is 7.05 Å². The van der Waals surface area contributed by atoms with E-state index in [2.05, 4.69) is 5.10 Å². The number of nitrogens with two attached hydrogens (primary N) is 1. The van der Waals surface area contributed by atoms with Gasteiger partial charge in [-0.2, -0.15) is 5.10 Å². The number of carbonyl (C=O) groups is 1. The normalized spacial score (nSPS) is 17.2. The highest BCUT2D eigenvalue weighted by atomic mass is 16.2. The number of carbonyl (C=O) groups excluding carboxylic acids is 1. The molecule has 0 spiro atoms. The van der Waals surface area contributed by atoms with Gasteiger partial charge in [0.2, 0.25) is 0 Å². The van der Waals surface area contributed by atoms with E-state index in [4.69, 9.17) is 5.73 Å². The molecule has 5 heteroatoms. The number of rotatable bonds is 2. The standard InChI is InChI=1S/C14H24N4O/c1-10-12(15)13(18(3)16-10)14(19)17(2)11-8-6-4-5-7-9-11/h11H,4-9,15H2,1-3H3. The first kappa shape index (κ1) is 13.9. The summed E-state index contributed by atoms with van der Waals surface area (Å²) in [6, 6.07) is 0.338. The number of aromatic nitrogens is 2. The number of nitrogen functional groups attached to an aromatic ring is 1. The van der Waals surface area contributed by atoms with Gasteiger partial charge in [0.25, 0.3) is 5.91 Å². The van der Waals surface area contributed by atoms with E-state index in [1.54, 1.807) is 11.7 Å². The van der Waals surface area contributed by atoms with Crippen LogP contribution in [0.5, 0.6) is 0 Å². The van der Waals surface area contributed by atoms with Crippen molar-refractivity contribution in [1.29, 1.82) is 0 Å². The van der Waals surface area contributed by atoms with Crippen LogP contribution >= 0.6 is 0 Å². The minimum absolute atomic E-state index is 0.00694. The first-order chi connectivity index (χ1) is 9.02. The maximum atomic E-state index is 12.6. The zero-order valence-electron chi connectivity index (χ0n) is 12.1. The monoisotopic (exact) mass is 264 g/mol. The lowest BCUT2D eigenvalue weighted by Gasteiger charge is -2.27. The molecule has 1 amide bonds. The Morgan fingerprint density at radius 3 is 2.37 bits per heavy atom. The third-order valence-corrected chi connectivity index (χ3v) is 4.16. The predicted octanol–water partition coefficient (Wildman–Crippen LogP) is 2.11. The van der Waals surface area contributed by atoms with Crippen LogP contribution in [0.2, 0.25) is 0 Å². The van der Waals surface area contributed by atoms with Gasteiger partial charge >= 0.3 is 0 Å². The van der Waals surface area contributed by atoms with E-state index in [1.807, 2.05) is 18.9 Å². The van der Waals surface area contributed by atoms with E-state index in [-0.39, 0.29) is 5.91 Å². The summed E-state index contributed by atoms with van der Waals surface area (Å²) in [6.45, 7) is 1.83. The molecule has 19 heavy (non-hydrogen) atoms. The third-order valence-electron chi connectivity index (χ3n) is 4.16. The number of amides is 1. The van der Waals surface area contributed by atoms with Crippen molar-refractivity contribution >= 4 is 11.6 Å². The second-order valence-corrected chi connectivity index (χ2v) is 5.53. The van der Waals surface area contributed by atoms with Crippen LogP contribution in [0.4, 0.5) is 5.69 Å². The van der Waals surface area contributed by atoms with Gasteiger partial charge in [0, 0.05) is 20.1 Å². The molecule has 1 aromatic heterocycles. The van der Waals surface area contributed by atoms with E-state index in [1.165, 1.54) is 25.7 Å². The summed E-state index contributed by atoms with van der Waals surface area (Å²) in [5, 5.41) is 4.22. The molecule has 1 aliphatic carbocycles. The summed E-state index contributed by atoms with van der Waals surface area (Å²) < 4.78 is 1.60. The van der Waals surface area contributed by atoms with Crippen LogP contribution < -0.4 is 5.73 Å². The summed E-state index contributed by atoms with van der Waals surface area (Å²) in [6.07, 6.45) is 7.18. The van der Waals surface area contributed by atoms with E-state index in [9.17, 15) is 4.79 Å². The molecule has 2 N–H and O–H groups in total. The van der Waals surface area contributed by atoms with Gasteiger partial charge in [-0.25, -0.2) is 0 Å². The van der Waals surface area contributed by atoms with E-state index in [0.29, 0.717) is 17.4 Å². The molecule has 0 aromatic carbocycles. The van der Waals surface area contributed by atoms with Crippen molar-refractivity contribution in [3.63, 3.8) is 0 Å². The second kappa shape index (κ2) is 5.63. The Morgan fingerprint density at radius 1 is 1.32 bits per heavy atom. The largest absolute Gasteiger partial charge is 0.395 e. The zero-order valence-corrected chi connectivity index (χ0v) is 12.1. The van der Waals surface area contributed by atoms with Crippen molar-refractivity contribution < 1.29 is 4.79 Å². The molecule has 0 saturated heterocycles. The highest BCUT2D eigenvalue weighted by Gasteiger charge is 2.26. The summed E-state index contributed by atoms with van der Waals surface area (Å²) in [5.41, 5.74) is 7.72. The fourth-order valence-electron chi connectivity index (χ4n) is 2.91. The Kier molecular flexibility index (Phi) is 4.12. The molecule has 5 nitrogen and oxygen atoms in total. The smallest absolute Gasteiger partial charge is 0.274 e. The molecule has 1 saturated carbocycles. The number of nitrogens with zero attached hydrogens (tertiary/aromatic N) is 3. The van der Waals surface area contributed by atoms with Gasteiger partial charge in [0.15, 0.2) is 0 Å². The molecule has 0 atom stereocenters. The van der Waals surface area contributed by atoms with E-state index >= 15 is 0 Å². The molecule has 1 heterocycles. The average molecular weight is 264 g/mol. The molecular weight excluding hydrogens is 240 g/mol. The molecule has 1 aromatic rings. The molecule has 0 unspecified atom stereocenters. The molecule has 1 fully saturated rings. The third kappa shape index (κ3) is 2.74. The topological polar surface area (TPSA) is 64.2 Å². The van der Waals surface area contributed by atoms with Crippen LogP contribution in [-0.2, 0) is 7.05 Å². The van der Waals surface area contributed by atoms with E-state index < -0.39 is 0 Å². The van der Waals surface area contributed by atoms with Crippen molar-refractivity contribution in [2.45, 2.75) is 51.5 Å². The van der Waals surface area contributed by atoms with Gasteiger partial charge in [0.05, 0.1) is 11.4 Å². The van der Waals surface area contributed by atoms with Gasteiger partial charge in [-0.3, -0.25) is 9.48 Å². The van der Waals surface area contributed by atoms with Crippen LogP contribution in [0, 0.1) is 6.92 Å². The van der Waals surface area contributed by atoms with Crippen molar-refractivity contribution in [3.8, 4) is 0 Å². The van der Waals surface area contributed by atoms with Gasteiger partial charge in [0.1, 0.15) is 5.69 Å². The summed E-state index contributed by atoms with van der Waals surface area (Å²) in [5.74, 6) is -0.00694. The van der Waals surface area contributed by atoms with Crippen LogP contribution in [0.15, 0.2) is 0 Å². The zero-order chi connectivity index (χ0) is 14.0. The number of aryl methyl sites for hydroxylation is 2. The highest BCUT2D eigenvalue weighted by Crippen LogP contribution is 2.24. The fourth-order valence-corrected chi connectivity index (χ4v) is 2.91. The van der Waals surface area contributed by atoms with Crippen LogP contribution in [0.25, 0.3) is 0 Å². The Bertz CT molecular complexity index is 458. The van der Waals surface area contributed by atoms with Crippen LogP contribution in [-0.4, -0.2) is 33.7 Å². The second-order valence-electron chi connectivity index (χ2n) is 5.53. The van der Waals surface area contributed by atoms with Gasteiger partial charge < -0.3 is 10.6 Å². The number of hydrogen-bond donors (Lipinski definition) is 1. The first-order valence-corrected chi connectivity index (χ1v) is 7.08. The Hall–Kier alpha value is -1.52. The first-order valence-electron chi connectivity index (χ1n) is 7.08. The van der Waals surface area contributed by atoms with Crippen LogP contribution in [0.1, 0.15) is 54.7 Å². The minimum Gasteiger partial charge on any atom is -0.395 e. The molecule has 2 rings (SSSR count). The molecule has 0 radical (unpaired) electrons. The van der Waals surface area contributed by atoms with E-state index in [0.717, 1.165) is 18.5 Å². The lowest BCUT2D eigenvalue weighted by Crippen LogP contribution is -2.38. The fraction of sp³-hybridized carbons (Fsp3) is 0.714. The average Bonchev–Trinajstić information content (AvgIpc) is 2.62. The van der Waals surface area contributed by atoms with Gasteiger partial charge in [-0.05, 0) is 19.8 Å². The lowest BCUT2D eigenvalue weighted by atomic mass is 10.1. The predicted molar refractivity (Wildman–Crippen MR) is 75.9 cm³/mol. The summed E-state index contributed by atoms with van der Waals surface area (Å²) >= 11 is 0. The summed E-state index contributed by atoms with van der Waals surface area (Å²) in [4.78, 5) is 14.5. The SMILES string of the molecule is Cc1nn(C)c(C(=O)N(C)C2CCCCCC2)c1N. The molecule has 0 aliphatic heterocycles. The quantitative estimate of drug-likeness (QED) is 0.832. The number of hydrogen-bond acceptors (Lipinski definition) is 3. The highest BCUT2D eigenvalue weighted by molar-refractivity contribution is 5.98. The van der Waals surface area contributed by atoms with Gasteiger partial charge in [-0.15, -0.1) is 0 Å². The maximum Gasteiger partial charge on any atom is 0.274 e. The Labute approximate surface area is 114 Å². The van der Waals surface area contributed by atoms with Crippen molar-refractivity contribution in [1.82, 2.24) is 14.7 Å². The van der Waals surface area contributed by atoms with Gasteiger partial charge in [-0.1, -0.05) is 25.7 Å². The Balaban J connectivity index is 2.18. The summed E-state index contributed by atoms with van der Waals surface area (Å²) in [7, 11) is 3.66. The maximum absolute atomic E-state index is 12.6. The molecular formula is C14H24N4O. The van der Waals surface area contributed by atoms with Crippen molar-refractivity contribution in [2.75, 3.05) is 12.8 Å². The molecule has 0 bridgehead atoms. The molecule has 106 valence electrons. The minimum atomic E-state index is -0.00694. The Morgan fingerprint density at radius 2 is 1.89 bits per heavy atom. The molecule has 1 aliphatic rings. The number of anilines is 1.